The van der Waals surface area contributed by atoms with E-state index in [2.05, 4.69) is 43.6 Å². The van der Waals surface area contributed by atoms with Crippen LogP contribution in [-0.4, -0.2) is 11.1 Å². The van der Waals surface area contributed by atoms with Gasteiger partial charge in [0.1, 0.15) is 0 Å². The molecule has 0 bridgehead atoms. The van der Waals surface area contributed by atoms with Gasteiger partial charge in [-0.05, 0) is 45.4 Å². The van der Waals surface area contributed by atoms with Gasteiger partial charge in [0, 0.05) is 24.5 Å². The second kappa shape index (κ2) is 7.54. The zero-order valence-corrected chi connectivity index (χ0v) is 12.0. The maximum absolute atomic E-state index is 3.55. The van der Waals surface area contributed by atoms with Gasteiger partial charge in [-0.15, -0.1) is 0 Å². The first kappa shape index (κ1) is 14.3. The molecule has 0 aliphatic carbocycles. The van der Waals surface area contributed by atoms with Gasteiger partial charge in [0.15, 0.2) is 0 Å². The third-order valence-corrected chi connectivity index (χ3v) is 3.52. The minimum absolute atomic E-state index is 1.02. The van der Waals surface area contributed by atoms with Gasteiger partial charge in [0.2, 0.25) is 0 Å². The minimum atomic E-state index is 1.02. The number of rotatable bonds is 8. The molecule has 0 aliphatic rings. The lowest BCUT2D eigenvalue weighted by molar-refractivity contribution is 0.596. The van der Waals surface area contributed by atoms with Crippen LogP contribution < -0.4 is 5.32 Å². The number of hydrogen-bond donors (Lipinski definition) is 1. The molecule has 1 rings (SSSR count). The summed E-state index contributed by atoms with van der Waals surface area (Å²) in [4.78, 5) is 0. The summed E-state index contributed by atoms with van der Waals surface area (Å²) in [6.07, 6.45) is 5.35. The molecule has 0 aliphatic heterocycles. The van der Waals surface area contributed by atoms with Crippen LogP contribution in [0.4, 0.5) is 0 Å². The molecule has 0 saturated heterocycles. The van der Waals surface area contributed by atoms with Crippen molar-refractivity contribution < 1.29 is 0 Å². The Morgan fingerprint density at radius 3 is 2.47 bits per heavy atom. The van der Waals surface area contributed by atoms with Gasteiger partial charge in [-0.25, -0.2) is 0 Å². The Labute approximate surface area is 106 Å². The average molecular weight is 236 g/mol. The van der Waals surface area contributed by atoms with Gasteiger partial charge in [0.25, 0.3) is 0 Å². The van der Waals surface area contributed by atoms with Crippen LogP contribution in [0.25, 0.3) is 0 Å². The third kappa shape index (κ3) is 4.19. The first-order valence-electron chi connectivity index (χ1n) is 7.07. The Morgan fingerprint density at radius 1 is 1.12 bits per heavy atom. The highest BCUT2D eigenvalue weighted by molar-refractivity contribution is 5.26. The molecular formula is C15H28N2. The molecular weight excluding hydrogens is 208 g/mol. The van der Waals surface area contributed by atoms with Crippen molar-refractivity contribution >= 4 is 0 Å². The lowest BCUT2D eigenvalue weighted by atomic mass is 10.2. The fourth-order valence-corrected chi connectivity index (χ4v) is 2.44. The monoisotopic (exact) mass is 236 g/mol. The fourth-order valence-electron chi connectivity index (χ4n) is 2.44. The molecule has 0 fully saturated rings. The molecule has 98 valence electrons. The molecule has 17 heavy (non-hydrogen) atoms. The summed E-state index contributed by atoms with van der Waals surface area (Å²) < 4.78 is 2.38. The summed E-state index contributed by atoms with van der Waals surface area (Å²) in [6, 6.07) is 2.32. The highest BCUT2D eigenvalue weighted by atomic mass is 15.0. The quantitative estimate of drug-likeness (QED) is 0.679. The van der Waals surface area contributed by atoms with Crippen molar-refractivity contribution in [3.63, 3.8) is 0 Å². The van der Waals surface area contributed by atoms with E-state index >= 15 is 0 Å². The maximum Gasteiger partial charge on any atom is 0.0223 e. The summed E-state index contributed by atoms with van der Waals surface area (Å²) in [5, 5.41) is 3.55. The molecule has 2 heteroatoms. The van der Waals surface area contributed by atoms with Crippen LogP contribution in [0.1, 0.15) is 56.5 Å². The molecule has 0 spiro atoms. The zero-order chi connectivity index (χ0) is 12.7. The molecule has 0 amide bonds. The third-order valence-electron chi connectivity index (χ3n) is 3.52. The summed E-state index contributed by atoms with van der Waals surface area (Å²) in [5.41, 5.74) is 4.26. The van der Waals surface area contributed by atoms with E-state index in [1.165, 1.54) is 42.6 Å². The second-order valence-corrected chi connectivity index (χ2v) is 4.88. The van der Waals surface area contributed by atoms with Gasteiger partial charge < -0.3 is 9.88 Å². The first-order valence-corrected chi connectivity index (χ1v) is 7.07. The summed E-state index contributed by atoms with van der Waals surface area (Å²) in [7, 11) is 0. The van der Waals surface area contributed by atoms with Gasteiger partial charge in [0.05, 0.1) is 0 Å². The number of aryl methyl sites for hydroxylation is 1. The molecule has 2 nitrogen and oxygen atoms in total. The van der Waals surface area contributed by atoms with Crippen molar-refractivity contribution in [1.29, 1.82) is 0 Å². The van der Waals surface area contributed by atoms with Crippen LogP contribution in [0, 0.1) is 13.8 Å². The molecule has 1 N–H and O–H groups in total. The predicted octanol–water partition coefficient (Wildman–Crippen LogP) is 3.79. The van der Waals surface area contributed by atoms with Crippen LogP contribution in [0.3, 0.4) is 0 Å². The van der Waals surface area contributed by atoms with E-state index in [0.717, 1.165) is 19.6 Å². The van der Waals surface area contributed by atoms with E-state index in [4.69, 9.17) is 0 Å². The van der Waals surface area contributed by atoms with E-state index in [1.807, 2.05) is 0 Å². The SMILES string of the molecule is CCCCCCNCc1cc(C)n(CC)c1C. The maximum atomic E-state index is 3.55. The van der Waals surface area contributed by atoms with Crippen molar-refractivity contribution in [2.45, 2.75) is 66.5 Å². The molecule has 0 radical (unpaired) electrons. The molecule has 1 aromatic heterocycles. The first-order chi connectivity index (χ1) is 8.20. The lowest BCUT2D eigenvalue weighted by Gasteiger charge is -2.07. The van der Waals surface area contributed by atoms with Crippen LogP contribution in [-0.2, 0) is 13.1 Å². The van der Waals surface area contributed by atoms with Crippen molar-refractivity contribution in [2.24, 2.45) is 0 Å². The highest BCUT2D eigenvalue weighted by Crippen LogP contribution is 2.14. The molecule has 0 aromatic carbocycles. The van der Waals surface area contributed by atoms with Crippen LogP contribution in [0.15, 0.2) is 6.07 Å². The number of unbranched alkanes of at least 4 members (excludes halogenated alkanes) is 3. The Morgan fingerprint density at radius 2 is 1.88 bits per heavy atom. The minimum Gasteiger partial charge on any atom is -0.349 e. The Balaban J connectivity index is 2.32. The van der Waals surface area contributed by atoms with Crippen molar-refractivity contribution in [3.05, 3.63) is 23.0 Å². The van der Waals surface area contributed by atoms with E-state index in [9.17, 15) is 0 Å². The molecule has 1 heterocycles. The molecule has 1 aromatic rings. The number of aromatic nitrogens is 1. The topological polar surface area (TPSA) is 17.0 Å². The van der Waals surface area contributed by atoms with Gasteiger partial charge >= 0.3 is 0 Å². The smallest absolute Gasteiger partial charge is 0.0223 e. The highest BCUT2D eigenvalue weighted by Gasteiger charge is 2.06. The van der Waals surface area contributed by atoms with Gasteiger partial charge in [-0.2, -0.15) is 0 Å². The standard InChI is InChI=1S/C15H28N2/c1-5-7-8-9-10-16-12-15-11-13(3)17(6-2)14(15)4/h11,16H,5-10,12H2,1-4H3. The zero-order valence-electron chi connectivity index (χ0n) is 12.0. The normalized spacial score (nSPS) is 11.1. The van der Waals surface area contributed by atoms with E-state index in [-0.39, 0.29) is 0 Å². The van der Waals surface area contributed by atoms with Crippen LogP contribution in [0.5, 0.6) is 0 Å². The Hall–Kier alpha value is -0.760. The molecule has 0 unspecified atom stereocenters. The summed E-state index contributed by atoms with van der Waals surface area (Å²) >= 11 is 0. The largest absolute Gasteiger partial charge is 0.349 e. The predicted molar refractivity (Wildman–Crippen MR) is 75.4 cm³/mol. The summed E-state index contributed by atoms with van der Waals surface area (Å²) in [5.74, 6) is 0. The van der Waals surface area contributed by atoms with Crippen molar-refractivity contribution in [1.82, 2.24) is 9.88 Å². The van der Waals surface area contributed by atoms with Gasteiger partial charge in [-0.1, -0.05) is 26.2 Å². The van der Waals surface area contributed by atoms with Crippen molar-refractivity contribution in [3.8, 4) is 0 Å². The second-order valence-electron chi connectivity index (χ2n) is 4.88. The van der Waals surface area contributed by atoms with E-state index in [0.29, 0.717) is 0 Å². The Kier molecular flexibility index (Phi) is 6.35. The van der Waals surface area contributed by atoms with E-state index in [1.54, 1.807) is 0 Å². The molecule has 0 saturated carbocycles. The number of hydrogen-bond acceptors (Lipinski definition) is 1. The fraction of sp³-hybridized carbons (Fsp3) is 0.733. The van der Waals surface area contributed by atoms with Crippen molar-refractivity contribution in [2.75, 3.05) is 6.54 Å². The van der Waals surface area contributed by atoms with Crippen LogP contribution >= 0.6 is 0 Å². The lowest BCUT2D eigenvalue weighted by Crippen LogP contribution is -2.15. The van der Waals surface area contributed by atoms with E-state index < -0.39 is 0 Å². The van der Waals surface area contributed by atoms with Crippen LogP contribution in [0.2, 0.25) is 0 Å². The van der Waals surface area contributed by atoms with Gasteiger partial charge in [-0.3, -0.25) is 0 Å². The summed E-state index contributed by atoms with van der Waals surface area (Å²) in [6.45, 7) is 12.1. The average Bonchev–Trinajstić information content (AvgIpc) is 2.58. The Bertz CT molecular complexity index is 326. The number of nitrogens with zero attached hydrogens (tertiary/aromatic N) is 1. The number of nitrogens with one attached hydrogen (secondary N) is 1. The molecule has 0 atom stereocenters.